The molecular formula is C22H25F3IN7. The first-order valence-electron chi connectivity index (χ1n) is 10.6. The molecule has 1 aromatic carbocycles. The Bertz CT molecular complexity index is 1140. The van der Waals surface area contributed by atoms with Crippen LogP contribution in [0.15, 0.2) is 24.4 Å². The van der Waals surface area contributed by atoms with E-state index in [1.165, 1.54) is 6.07 Å². The van der Waals surface area contributed by atoms with Gasteiger partial charge in [0.1, 0.15) is 0 Å². The van der Waals surface area contributed by atoms with Gasteiger partial charge in [0, 0.05) is 23.6 Å². The maximum atomic E-state index is 14.0. The Morgan fingerprint density at radius 2 is 1.85 bits per heavy atom. The van der Waals surface area contributed by atoms with Crippen LogP contribution in [0, 0.1) is 17.4 Å². The van der Waals surface area contributed by atoms with Gasteiger partial charge in [-0.3, -0.25) is 5.10 Å². The third kappa shape index (κ3) is 5.57. The van der Waals surface area contributed by atoms with Crippen molar-refractivity contribution < 1.29 is 13.2 Å². The van der Waals surface area contributed by atoms with Crippen LogP contribution >= 0.6 is 22.6 Å². The van der Waals surface area contributed by atoms with Crippen molar-refractivity contribution in [2.24, 2.45) is 0 Å². The van der Waals surface area contributed by atoms with Gasteiger partial charge in [-0.1, -0.05) is 6.07 Å². The van der Waals surface area contributed by atoms with Gasteiger partial charge in [0.05, 0.1) is 9.13 Å². The summed E-state index contributed by atoms with van der Waals surface area (Å²) in [4.78, 5) is 10.8. The molecule has 4 rings (SSSR count). The van der Waals surface area contributed by atoms with E-state index < -0.39 is 11.7 Å². The van der Waals surface area contributed by atoms with Crippen LogP contribution in [0.4, 0.5) is 36.4 Å². The van der Waals surface area contributed by atoms with Crippen LogP contribution < -0.4 is 10.6 Å². The highest BCUT2D eigenvalue weighted by molar-refractivity contribution is 14.1. The number of aromatic amines is 1. The van der Waals surface area contributed by atoms with Crippen molar-refractivity contribution >= 4 is 45.9 Å². The number of likely N-dealkylation sites (tertiary alicyclic amines) is 1. The zero-order valence-corrected chi connectivity index (χ0v) is 20.7. The number of nitrogens with one attached hydrogen (secondary N) is 3. The number of rotatable bonds is 5. The maximum Gasteiger partial charge on any atom is 0.416 e. The first kappa shape index (κ1) is 23.7. The van der Waals surface area contributed by atoms with E-state index in [0.29, 0.717) is 35.7 Å². The lowest BCUT2D eigenvalue weighted by atomic mass is 9.85. The molecule has 1 fully saturated rings. The van der Waals surface area contributed by atoms with Crippen molar-refractivity contribution in [1.82, 2.24) is 25.1 Å². The number of H-pyrrole nitrogens is 1. The number of aryl methyl sites for hydroxylation is 2. The molecule has 0 bridgehead atoms. The minimum atomic E-state index is -4.44. The maximum absolute atomic E-state index is 14.0. The molecular weight excluding hydrogens is 546 g/mol. The second-order valence-electron chi connectivity index (χ2n) is 8.41. The summed E-state index contributed by atoms with van der Waals surface area (Å²) in [6.07, 6.45) is -1.41. The predicted molar refractivity (Wildman–Crippen MR) is 130 cm³/mol. The third-order valence-corrected chi connectivity index (χ3v) is 6.59. The lowest BCUT2D eigenvalue weighted by Crippen LogP contribution is -2.30. The summed E-state index contributed by atoms with van der Waals surface area (Å²) in [6.45, 7) is 5.28. The van der Waals surface area contributed by atoms with Crippen LogP contribution in [0.1, 0.15) is 41.1 Å². The van der Waals surface area contributed by atoms with Crippen LogP contribution in [0.3, 0.4) is 0 Å². The number of benzene rings is 1. The van der Waals surface area contributed by atoms with Crippen LogP contribution in [0.2, 0.25) is 0 Å². The van der Waals surface area contributed by atoms with Crippen LogP contribution in [0.5, 0.6) is 0 Å². The van der Waals surface area contributed by atoms with E-state index in [2.05, 4.69) is 58.3 Å². The Hall–Kier alpha value is -2.41. The van der Waals surface area contributed by atoms with Crippen molar-refractivity contribution in [3.63, 3.8) is 0 Å². The van der Waals surface area contributed by atoms with Crippen molar-refractivity contribution in [2.75, 3.05) is 30.8 Å². The molecule has 0 amide bonds. The molecule has 33 heavy (non-hydrogen) atoms. The quantitative estimate of drug-likeness (QED) is 0.339. The van der Waals surface area contributed by atoms with Crippen LogP contribution in [0.25, 0.3) is 0 Å². The van der Waals surface area contributed by atoms with E-state index in [4.69, 9.17) is 0 Å². The molecule has 0 unspecified atom stereocenters. The third-order valence-electron chi connectivity index (χ3n) is 5.80. The molecule has 1 aliphatic rings. The molecule has 2 aromatic heterocycles. The second-order valence-corrected chi connectivity index (χ2v) is 9.57. The highest BCUT2D eigenvalue weighted by Crippen LogP contribution is 2.41. The molecule has 3 heterocycles. The van der Waals surface area contributed by atoms with Crippen LogP contribution in [-0.2, 0) is 6.18 Å². The second kappa shape index (κ2) is 9.45. The summed E-state index contributed by atoms with van der Waals surface area (Å²) in [6, 6.07) is 4.68. The molecule has 11 heteroatoms. The van der Waals surface area contributed by atoms with Gasteiger partial charge in [-0.05, 0) is 92.5 Å². The Balaban J connectivity index is 1.63. The number of hydrogen-bond acceptors (Lipinski definition) is 6. The van der Waals surface area contributed by atoms with E-state index in [1.54, 1.807) is 19.2 Å². The highest BCUT2D eigenvalue weighted by atomic mass is 127. The van der Waals surface area contributed by atoms with Gasteiger partial charge in [0.15, 0.2) is 11.6 Å². The van der Waals surface area contributed by atoms with Crippen molar-refractivity contribution in [3.05, 3.63) is 50.4 Å². The highest BCUT2D eigenvalue weighted by Gasteiger charge is 2.36. The number of halogens is 4. The average Bonchev–Trinajstić information content (AvgIpc) is 3.16. The lowest BCUT2D eigenvalue weighted by Gasteiger charge is -2.31. The molecule has 176 valence electrons. The van der Waals surface area contributed by atoms with Crippen LogP contribution in [-0.4, -0.2) is 45.2 Å². The predicted octanol–water partition coefficient (Wildman–Crippen LogP) is 5.74. The summed E-state index contributed by atoms with van der Waals surface area (Å²) in [7, 11) is 2.00. The average molecular weight is 571 g/mol. The Labute approximate surface area is 203 Å². The molecule has 0 spiro atoms. The van der Waals surface area contributed by atoms with Gasteiger partial charge in [-0.15, -0.1) is 0 Å². The summed E-state index contributed by atoms with van der Waals surface area (Å²) in [5.41, 5.74) is 1.72. The summed E-state index contributed by atoms with van der Waals surface area (Å²) in [5.74, 6) is 1.20. The van der Waals surface area contributed by atoms with Gasteiger partial charge < -0.3 is 15.5 Å². The number of hydrogen-bond donors (Lipinski definition) is 3. The van der Waals surface area contributed by atoms with E-state index in [9.17, 15) is 13.2 Å². The zero-order chi connectivity index (χ0) is 23.8. The Morgan fingerprint density at radius 1 is 1.12 bits per heavy atom. The molecule has 3 N–H and O–H groups in total. The first-order valence-corrected chi connectivity index (χ1v) is 11.7. The standard InChI is InChI=1S/C22H25F3IN7/c1-12-8-15(14-4-6-33(3)7-5-14)16(22(23,24)25)10-18(12)28-21-27-11-17(26)20(30-21)29-19-9-13(2)31-32-19/h8-11,14H,4-7H2,1-3H3,(H3,27,28,29,30,31,32). The minimum Gasteiger partial charge on any atom is -0.324 e. The van der Waals surface area contributed by atoms with Gasteiger partial charge in [0.25, 0.3) is 0 Å². The largest absolute Gasteiger partial charge is 0.416 e. The molecule has 3 aromatic rings. The topological polar surface area (TPSA) is 81.8 Å². The number of piperidine rings is 1. The van der Waals surface area contributed by atoms with Crippen molar-refractivity contribution in [2.45, 2.75) is 38.8 Å². The van der Waals surface area contributed by atoms with Gasteiger partial charge in [-0.2, -0.15) is 23.3 Å². The van der Waals surface area contributed by atoms with E-state index in [1.807, 2.05) is 20.0 Å². The summed E-state index contributed by atoms with van der Waals surface area (Å²) < 4.78 is 42.8. The number of anilines is 4. The minimum absolute atomic E-state index is 0.103. The monoisotopic (exact) mass is 571 g/mol. The normalized spacial score (nSPS) is 15.6. The molecule has 1 aliphatic heterocycles. The fraction of sp³-hybridized carbons (Fsp3) is 0.409. The van der Waals surface area contributed by atoms with E-state index in [0.717, 1.165) is 27.9 Å². The van der Waals surface area contributed by atoms with Crippen molar-refractivity contribution in [1.29, 1.82) is 0 Å². The number of nitrogens with zero attached hydrogens (tertiary/aromatic N) is 4. The zero-order valence-electron chi connectivity index (χ0n) is 18.5. The van der Waals surface area contributed by atoms with Gasteiger partial charge in [0.2, 0.25) is 5.95 Å². The molecule has 0 saturated carbocycles. The Morgan fingerprint density at radius 3 is 2.48 bits per heavy atom. The summed E-state index contributed by atoms with van der Waals surface area (Å²) >= 11 is 2.09. The molecule has 0 atom stereocenters. The van der Waals surface area contributed by atoms with E-state index in [-0.39, 0.29) is 11.9 Å². The van der Waals surface area contributed by atoms with Gasteiger partial charge in [-0.25, -0.2) is 4.98 Å². The summed E-state index contributed by atoms with van der Waals surface area (Å²) in [5, 5.41) is 13.0. The fourth-order valence-electron chi connectivity index (χ4n) is 4.01. The fourth-order valence-corrected chi connectivity index (χ4v) is 4.40. The lowest BCUT2D eigenvalue weighted by molar-refractivity contribution is -0.138. The molecule has 0 radical (unpaired) electrons. The van der Waals surface area contributed by atoms with Gasteiger partial charge >= 0.3 is 6.18 Å². The first-order chi connectivity index (χ1) is 15.6. The smallest absolute Gasteiger partial charge is 0.324 e. The van der Waals surface area contributed by atoms with Crippen molar-refractivity contribution in [3.8, 4) is 0 Å². The SMILES string of the molecule is Cc1cc(Nc2nc(Nc3cc(C(F)(F)F)c(C4CCN(C)CC4)cc3C)ncc2I)n[nH]1. The molecule has 1 saturated heterocycles. The Kier molecular flexibility index (Phi) is 6.80. The number of aromatic nitrogens is 4. The molecule has 7 nitrogen and oxygen atoms in total. The number of alkyl halides is 3. The molecule has 0 aliphatic carbocycles. The van der Waals surface area contributed by atoms with E-state index >= 15 is 0 Å².